The fourth-order valence-electron chi connectivity index (χ4n) is 10.9. The number of rotatable bonds is 5. The number of nitrogens with zero attached hydrogens (tertiary/aromatic N) is 3. The van der Waals surface area contributed by atoms with Crippen LogP contribution in [0.5, 0.6) is 11.5 Å². The lowest BCUT2D eigenvalue weighted by Gasteiger charge is -2.49. The summed E-state index contributed by atoms with van der Waals surface area (Å²) in [6.07, 6.45) is 2.45. The number of anilines is 5. The van der Waals surface area contributed by atoms with Gasteiger partial charge in [0, 0.05) is 61.0 Å². The quantitative estimate of drug-likeness (QED) is 0.162. The summed E-state index contributed by atoms with van der Waals surface area (Å²) in [5.41, 5.74) is 12.5. The van der Waals surface area contributed by atoms with Gasteiger partial charge in [-0.1, -0.05) is 93.1 Å². The molecule has 0 spiro atoms. The molecular formula is C48H42BN3O2S2. The van der Waals surface area contributed by atoms with Crippen molar-refractivity contribution in [3.63, 3.8) is 0 Å². The summed E-state index contributed by atoms with van der Waals surface area (Å²) >= 11 is 4.57. The molecule has 7 aromatic rings. The summed E-state index contributed by atoms with van der Waals surface area (Å²) in [7, 11) is 0. The van der Waals surface area contributed by atoms with Crippen molar-refractivity contribution in [2.75, 3.05) is 23.0 Å². The Morgan fingerprint density at radius 1 is 0.607 bits per heavy atom. The van der Waals surface area contributed by atoms with Gasteiger partial charge in [0.2, 0.25) is 6.71 Å². The van der Waals surface area contributed by atoms with E-state index in [0.29, 0.717) is 40.7 Å². The fourth-order valence-corrected chi connectivity index (χ4v) is 15.6. The molecule has 0 amide bonds. The van der Waals surface area contributed by atoms with Crippen LogP contribution in [-0.2, 0) is 0 Å². The van der Waals surface area contributed by atoms with Gasteiger partial charge in [-0.2, -0.15) is 11.8 Å². The van der Waals surface area contributed by atoms with Crippen molar-refractivity contribution >= 4 is 91.4 Å². The standard InChI is InChI=1S/C48H42BN3O2S2/c1-3-32-43(4-2)55-47-45-48(56-46(32)47)52(30-17-9-6-10-18-30)40-26-31(51-36-21-13-11-19-33(36)34-20-12-14-22-37(34)51)25-39-44(40)49(45)35-27-41-42(54-24-23-53-41)28-38(35)50(39)29-15-7-5-8-16-29/h5-22,25-28,32,43,45-48H,3-4,23-24H2,1-2H3. The third-order valence-corrected chi connectivity index (χ3v) is 17.0. The molecule has 6 atom stereocenters. The molecule has 6 heterocycles. The van der Waals surface area contributed by atoms with Crippen LogP contribution in [0.25, 0.3) is 27.5 Å². The number of fused-ring (bicyclic) bond motifs is 10. The number of para-hydroxylation sites is 4. The minimum Gasteiger partial charge on any atom is -0.486 e. The van der Waals surface area contributed by atoms with Gasteiger partial charge in [0.15, 0.2) is 11.5 Å². The van der Waals surface area contributed by atoms with Crippen molar-refractivity contribution in [1.82, 2.24) is 4.57 Å². The highest BCUT2D eigenvalue weighted by atomic mass is 32.2. The number of aromatic nitrogens is 1. The van der Waals surface area contributed by atoms with E-state index in [1.807, 2.05) is 0 Å². The molecule has 12 rings (SSSR count). The molecule has 0 aliphatic carbocycles. The van der Waals surface area contributed by atoms with E-state index in [2.05, 4.69) is 185 Å². The summed E-state index contributed by atoms with van der Waals surface area (Å²) in [5, 5.41) is 4.64. The van der Waals surface area contributed by atoms with E-state index >= 15 is 0 Å². The van der Waals surface area contributed by atoms with E-state index in [1.54, 1.807) is 0 Å². The van der Waals surface area contributed by atoms with E-state index in [1.165, 1.54) is 74.0 Å². The lowest BCUT2D eigenvalue weighted by atomic mass is 9.29. The summed E-state index contributed by atoms with van der Waals surface area (Å²) in [4.78, 5) is 5.27. The molecule has 1 aromatic heterocycles. The zero-order valence-corrected chi connectivity index (χ0v) is 33.2. The Morgan fingerprint density at radius 3 is 1.91 bits per heavy atom. The highest BCUT2D eigenvalue weighted by molar-refractivity contribution is 8.06. The van der Waals surface area contributed by atoms with Crippen molar-refractivity contribution in [3.8, 4) is 17.2 Å². The van der Waals surface area contributed by atoms with Gasteiger partial charge in [-0.15, -0.1) is 11.8 Å². The molecule has 2 saturated heterocycles. The summed E-state index contributed by atoms with van der Waals surface area (Å²) in [6.45, 7) is 6.15. The maximum Gasteiger partial charge on any atom is 0.224 e. The van der Waals surface area contributed by atoms with E-state index in [4.69, 9.17) is 9.47 Å². The first-order chi connectivity index (χ1) is 27.7. The first kappa shape index (κ1) is 33.2. The molecule has 6 unspecified atom stereocenters. The van der Waals surface area contributed by atoms with Gasteiger partial charge >= 0.3 is 0 Å². The molecule has 2 fully saturated rings. The molecule has 56 heavy (non-hydrogen) atoms. The van der Waals surface area contributed by atoms with E-state index < -0.39 is 0 Å². The van der Waals surface area contributed by atoms with Gasteiger partial charge in [0.1, 0.15) is 13.2 Å². The third kappa shape index (κ3) is 4.66. The van der Waals surface area contributed by atoms with Crippen molar-refractivity contribution in [1.29, 1.82) is 0 Å². The van der Waals surface area contributed by atoms with Crippen LogP contribution >= 0.6 is 23.5 Å². The highest BCUT2D eigenvalue weighted by Crippen LogP contribution is 2.65. The Morgan fingerprint density at radius 2 is 1.23 bits per heavy atom. The van der Waals surface area contributed by atoms with Crippen molar-refractivity contribution in [3.05, 3.63) is 133 Å². The largest absolute Gasteiger partial charge is 0.486 e. The summed E-state index contributed by atoms with van der Waals surface area (Å²) < 4.78 is 15.3. The second kappa shape index (κ2) is 12.8. The predicted molar refractivity (Wildman–Crippen MR) is 238 cm³/mol. The first-order valence-corrected chi connectivity index (χ1v) is 22.2. The monoisotopic (exact) mass is 767 g/mol. The molecule has 5 aliphatic heterocycles. The minimum atomic E-state index is 0.186. The van der Waals surface area contributed by atoms with Crippen LogP contribution in [0.15, 0.2) is 133 Å². The molecule has 5 aliphatic rings. The van der Waals surface area contributed by atoms with Gasteiger partial charge in [0.05, 0.1) is 22.1 Å². The Labute approximate surface area is 337 Å². The molecule has 0 N–H and O–H groups in total. The topological polar surface area (TPSA) is 29.9 Å². The molecule has 0 bridgehead atoms. The van der Waals surface area contributed by atoms with Gasteiger partial charge in [-0.3, -0.25) is 0 Å². The SMILES string of the molecule is CCC1SC2C(SC3C2B2c4cc5c(cc4N(c4ccccc4)c4cc(-n6c7ccccc7c7ccccc76)cc(c42)N3c2ccccc2)OCCO5)C1CC. The zero-order chi connectivity index (χ0) is 37.1. The van der Waals surface area contributed by atoms with Crippen molar-refractivity contribution in [2.24, 2.45) is 5.92 Å². The van der Waals surface area contributed by atoms with Crippen LogP contribution in [-0.4, -0.2) is 45.6 Å². The van der Waals surface area contributed by atoms with Crippen LogP contribution in [0.2, 0.25) is 5.82 Å². The van der Waals surface area contributed by atoms with Gasteiger partial charge < -0.3 is 23.8 Å². The predicted octanol–water partition coefficient (Wildman–Crippen LogP) is 10.8. The van der Waals surface area contributed by atoms with E-state index in [0.717, 1.165) is 17.2 Å². The first-order valence-electron chi connectivity index (χ1n) is 20.3. The Hall–Kier alpha value is -4.92. The lowest BCUT2D eigenvalue weighted by Crippen LogP contribution is -2.62. The van der Waals surface area contributed by atoms with Crippen LogP contribution in [0.1, 0.15) is 26.7 Å². The number of ether oxygens (including phenoxy) is 2. The fraction of sp³-hybridized carbons (Fsp3) is 0.250. The summed E-state index contributed by atoms with van der Waals surface area (Å²) in [6, 6.07) is 49.6. The number of hydrogen-bond donors (Lipinski definition) is 0. The molecule has 0 radical (unpaired) electrons. The summed E-state index contributed by atoms with van der Waals surface area (Å²) in [5.74, 6) is 2.80. The van der Waals surface area contributed by atoms with Gasteiger partial charge in [-0.05, 0) is 83.7 Å². The van der Waals surface area contributed by atoms with Crippen molar-refractivity contribution in [2.45, 2.75) is 53.6 Å². The van der Waals surface area contributed by atoms with Crippen molar-refractivity contribution < 1.29 is 9.47 Å². The average molecular weight is 768 g/mol. The zero-order valence-electron chi connectivity index (χ0n) is 31.5. The number of hydrogen-bond acceptors (Lipinski definition) is 6. The Balaban J connectivity index is 1.20. The second-order valence-electron chi connectivity index (χ2n) is 15.9. The van der Waals surface area contributed by atoms with E-state index in [9.17, 15) is 0 Å². The maximum atomic E-state index is 6.40. The van der Waals surface area contributed by atoms with Crippen LogP contribution in [0, 0.1) is 5.92 Å². The Kier molecular flexibility index (Phi) is 7.60. The Bertz CT molecular complexity index is 2620. The lowest BCUT2D eigenvalue weighted by molar-refractivity contribution is 0.172. The molecule has 5 nitrogen and oxygen atoms in total. The van der Waals surface area contributed by atoms with Crippen LogP contribution in [0.3, 0.4) is 0 Å². The number of benzene rings is 6. The molecule has 6 aromatic carbocycles. The second-order valence-corrected chi connectivity index (χ2v) is 18.6. The van der Waals surface area contributed by atoms with Gasteiger partial charge in [-0.25, -0.2) is 0 Å². The smallest absolute Gasteiger partial charge is 0.224 e. The average Bonchev–Trinajstić information content (AvgIpc) is 3.91. The van der Waals surface area contributed by atoms with Crippen LogP contribution in [0.4, 0.5) is 28.4 Å². The van der Waals surface area contributed by atoms with E-state index in [-0.39, 0.29) is 12.1 Å². The minimum absolute atomic E-state index is 0.186. The van der Waals surface area contributed by atoms with Crippen LogP contribution < -0.4 is 30.2 Å². The molecule has 276 valence electrons. The normalized spacial score (nSPS) is 24.3. The highest BCUT2D eigenvalue weighted by Gasteiger charge is 2.62. The molecular weight excluding hydrogens is 725 g/mol. The van der Waals surface area contributed by atoms with Gasteiger partial charge in [0.25, 0.3) is 0 Å². The third-order valence-electron chi connectivity index (χ3n) is 13.2. The maximum absolute atomic E-state index is 6.40. The molecule has 8 heteroatoms. The molecule has 0 saturated carbocycles. The number of thioether (sulfide) groups is 2.